The Morgan fingerprint density at radius 1 is 1.03 bits per heavy atom. The Labute approximate surface area is 203 Å². The van der Waals surface area contributed by atoms with Gasteiger partial charge in [-0.15, -0.1) is 0 Å². The number of piperidine rings is 1. The van der Waals surface area contributed by atoms with E-state index in [2.05, 4.69) is 5.32 Å². The van der Waals surface area contributed by atoms with E-state index in [0.717, 1.165) is 38.5 Å². The van der Waals surface area contributed by atoms with Gasteiger partial charge in [0, 0.05) is 37.8 Å². The van der Waals surface area contributed by atoms with Gasteiger partial charge in [-0.05, 0) is 49.8 Å². The average Bonchev–Trinajstić information content (AvgIpc) is 2.89. The van der Waals surface area contributed by atoms with Crippen molar-refractivity contribution in [1.29, 1.82) is 0 Å². The number of carbonyl (C=O) groups excluding carboxylic acids is 2. The number of aryl methyl sites for hydroxylation is 1. The monoisotopic (exact) mass is 491 g/mol. The van der Waals surface area contributed by atoms with Gasteiger partial charge in [0.15, 0.2) is 0 Å². The van der Waals surface area contributed by atoms with Crippen molar-refractivity contribution in [2.24, 2.45) is 5.92 Å². The third-order valence-electron chi connectivity index (χ3n) is 7.31. The molecule has 0 aromatic heterocycles. The molecule has 2 amide bonds. The summed E-state index contributed by atoms with van der Waals surface area (Å²) in [6, 6.07) is 5.24. The summed E-state index contributed by atoms with van der Waals surface area (Å²) in [6.07, 6.45) is 7.71. The van der Waals surface area contributed by atoms with Crippen LogP contribution in [0.25, 0.3) is 0 Å². The lowest BCUT2D eigenvalue weighted by Gasteiger charge is -2.33. The van der Waals surface area contributed by atoms with E-state index >= 15 is 0 Å². The lowest BCUT2D eigenvalue weighted by molar-refractivity contribution is -0.127. The van der Waals surface area contributed by atoms with Crippen LogP contribution < -0.4 is 5.32 Å². The van der Waals surface area contributed by atoms with E-state index in [9.17, 15) is 18.0 Å². The molecule has 0 radical (unpaired) electrons. The molecule has 0 bridgehead atoms. The molecule has 1 aromatic rings. The van der Waals surface area contributed by atoms with Crippen LogP contribution in [0.4, 0.5) is 0 Å². The molecular weight excluding hydrogens is 454 g/mol. The highest BCUT2D eigenvalue weighted by Gasteiger charge is 2.32. The zero-order chi connectivity index (χ0) is 24.1. The number of benzene rings is 1. The standard InChI is InChI=1S/C25H37N3O5S/c1-2-19-10-11-20(17-23(19)34(31,32)28-13-15-33-16-14-28)25(30)27-12-6-7-21(18-27)24(29)26-22-8-4-3-5-9-22/h10-11,17,21-22H,2-9,12-16,18H2,1H3,(H,26,29). The van der Waals surface area contributed by atoms with Gasteiger partial charge in [0.1, 0.15) is 0 Å². The third-order valence-corrected chi connectivity index (χ3v) is 9.29. The van der Waals surface area contributed by atoms with Crippen molar-refractivity contribution in [2.75, 3.05) is 39.4 Å². The van der Waals surface area contributed by atoms with Gasteiger partial charge in [-0.25, -0.2) is 8.42 Å². The van der Waals surface area contributed by atoms with Crippen LogP contribution in [0.15, 0.2) is 23.1 Å². The molecule has 34 heavy (non-hydrogen) atoms. The molecule has 1 N–H and O–H groups in total. The molecular formula is C25H37N3O5S. The topological polar surface area (TPSA) is 96.0 Å². The van der Waals surface area contributed by atoms with Gasteiger partial charge < -0.3 is 15.0 Å². The summed E-state index contributed by atoms with van der Waals surface area (Å²) < 4.78 is 33.4. The Balaban J connectivity index is 1.48. The summed E-state index contributed by atoms with van der Waals surface area (Å²) in [7, 11) is -3.71. The number of rotatable bonds is 6. The molecule has 1 aliphatic carbocycles. The second kappa shape index (κ2) is 11.2. The predicted molar refractivity (Wildman–Crippen MR) is 129 cm³/mol. The van der Waals surface area contributed by atoms with Crippen molar-refractivity contribution in [3.8, 4) is 0 Å². The van der Waals surface area contributed by atoms with E-state index in [0.29, 0.717) is 56.9 Å². The molecule has 0 spiro atoms. The van der Waals surface area contributed by atoms with Crippen molar-refractivity contribution in [3.05, 3.63) is 29.3 Å². The first kappa shape index (κ1) is 25.1. The zero-order valence-corrected chi connectivity index (χ0v) is 20.9. The molecule has 9 heteroatoms. The molecule has 2 aliphatic heterocycles. The van der Waals surface area contributed by atoms with Crippen molar-refractivity contribution in [1.82, 2.24) is 14.5 Å². The number of amides is 2. The Bertz CT molecular complexity index is 984. The Kier molecular flexibility index (Phi) is 8.26. The zero-order valence-electron chi connectivity index (χ0n) is 20.1. The Hall–Kier alpha value is -1.97. The minimum atomic E-state index is -3.71. The van der Waals surface area contributed by atoms with E-state index in [1.54, 1.807) is 17.0 Å². The molecule has 3 aliphatic rings. The van der Waals surface area contributed by atoms with E-state index < -0.39 is 10.0 Å². The minimum Gasteiger partial charge on any atom is -0.379 e. The smallest absolute Gasteiger partial charge is 0.253 e. The molecule has 3 fully saturated rings. The summed E-state index contributed by atoms with van der Waals surface area (Å²) in [4.78, 5) is 28.2. The van der Waals surface area contributed by atoms with Crippen LogP contribution in [0.5, 0.6) is 0 Å². The number of nitrogens with zero attached hydrogens (tertiary/aromatic N) is 2. The molecule has 1 saturated carbocycles. The molecule has 2 saturated heterocycles. The first-order valence-electron chi connectivity index (χ1n) is 12.7. The van der Waals surface area contributed by atoms with Crippen LogP contribution >= 0.6 is 0 Å². The van der Waals surface area contributed by atoms with Crippen molar-refractivity contribution in [3.63, 3.8) is 0 Å². The van der Waals surface area contributed by atoms with Crippen LogP contribution in [-0.2, 0) is 26.0 Å². The summed E-state index contributed by atoms with van der Waals surface area (Å²) in [5, 5.41) is 3.20. The molecule has 8 nitrogen and oxygen atoms in total. The maximum Gasteiger partial charge on any atom is 0.253 e. The van der Waals surface area contributed by atoms with E-state index in [4.69, 9.17) is 4.74 Å². The minimum absolute atomic E-state index is 0.0429. The second-order valence-electron chi connectivity index (χ2n) is 9.63. The maximum atomic E-state index is 13.4. The molecule has 2 heterocycles. The van der Waals surface area contributed by atoms with Crippen molar-refractivity contribution in [2.45, 2.75) is 69.2 Å². The van der Waals surface area contributed by atoms with Gasteiger partial charge in [0.2, 0.25) is 15.9 Å². The van der Waals surface area contributed by atoms with Gasteiger partial charge >= 0.3 is 0 Å². The number of ether oxygens (including phenoxy) is 1. The fraction of sp³-hybridized carbons (Fsp3) is 0.680. The first-order valence-corrected chi connectivity index (χ1v) is 14.1. The number of sulfonamides is 1. The van der Waals surface area contributed by atoms with Crippen molar-refractivity contribution >= 4 is 21.8 Å². The van der Waals surface area contributed by atoms with Gasteiger partial charge in [-0.3, -0.25) is 9.59 Å². The van der Waals surface area contributed by atoms with E-state index in [1.165, 1.54) is 16.8 Å². The summed E-state index contributed by atoms with van der Waals surface area (Å²) in [5.41, 5.74) is 1.06. The van der Waals surface area contributed by atoms with Gasteiger partial charge in [-0.1, -0.05) is 32.3 Å². The Morgan fingerprint density at radius 3 is 2.47 bits per heavy atom. The van der Waals surface area contributed by atoms with Gasteiger partial charge in [0.25, 0.3) is 5.91 Å². The second-order valence-corrected chi connectivity index (χ2v) is 11.5. The van der Waals surface area contributed by atoms with E-state index in [-0.39, 0.29) is 28.7 Å². The largest absolute Gasteiger partial charge is 0.379 e. The van der Waals surface area contributed by atoms with Crippen LogP contribution in [0.1, 0.15) is 67.8 Å². The van der Waals surface area contributed by atoms with Crippen LogP contribution in [0, 0.1) is 5.92 Å². The van der Waals surface area contributed by atoms with Crippen LogP contribution in [0.3, 0.4) is 0 Å². The highest BCUT2D eigenvalue weighted by atomic mass is 32.2. The summed E-state index contributed by atoms with van der Waals surface area (Å²) in [6.45, 7) is 4.23. The predicted octanol–water partition coefficient (Wildman–Crippen LogP) is 2.57. The number of nitrogens with one attached hydrogen (secondary N) is 1. The number of morpholine rings is 1. The number of likely N-dealkylation sites (tertiary alicyclic amines) is 1. The quantitative estimate of drug-likeness (QED) is 0.660. The van der Waals surface area contributed by atoms with Gasteiger partial charge in [0.05, 0.1) is 24.0 Å². The number of carbonyl (C=O) groups is 2. The summed E-state index contributed by atoms with van der Waals surface area (Å²) in [5.74, 6) is -0.386. The molecule has 1 unspecified atom stereocenters. The lowest BCUT2D eigenvalue weighted by atomic mass is 9.92. The van der Waals surface area contributed by atoms with Gasteiger partial charge in [-0.2, -0.15) is 4.31 Å². The van der Waals surface area contributed by atoms with Crippen LogP contribution in [-0.4, -0.2) is 74.9 Å². The Morgan fingerprint density at radius 2 is 1.76 bits per heavy atom. The lowest BCUT2D eigenvalue weighted by Crippen LogP contribution is -2.48. The SMILES string of the molecule is CCc1ccc(C(=O)N2CCCC(C(=O)NC3CCCCC3)C2)cc1S(=O)(=O)N1CCOCC1. The average molecular weight is 492 g/mol. The fourth-order valence-corrected chi connectivity index (χ4v) is 7.00. The number of hydrogen-bond donors (Lipinski definition) is 1. The normalized spacial score (nSPS) is 23.0. The van der Waals surface area contributed by atoms with Crippen LogP contribution in [0.2, 0.25) is 0 Å². The highest BCUT2D eigenvalue weighted by Crippen LogP contribution is 2.26. The van der Waals surface area contributed by atoms with Crippen molar-refractivity contribution < 1.29 is 22.7 Å². The maximum absolute atomic E-state index is 13.4. The molecule has 4 rings (SSSR count). The highest BCUT2D eigenvalue weighted by molar-refractivity contribution is 7.89. The molecule has 1 aromatic carbocycles. The third kappa shape index (κ3) is 5.63. The molecule has 1 atom stereocenters. The first-order chi connectivity index (χ1) is 16.4. The van der Waals surface area contributed by atoms with E-state index in [1.807, 2.05) is 6.92 Å². The molecule has 188 valence electrons. The number of hydrogen-bond acceptors (Lipinski definition) is 5. The summed E-state index contributed by atoms with van der Waals surface area (Å²) >= 11 is 0. The fourth-order valence-electron chi connectivity index (χ4n) is 5.27.